The largest absolute Gasteiger partial charge is 0.395 e. The van der Waals surface area contributed by atoms with Gasteiger partial charge in [-0.2, -0.15) is 12.7 Å². The molecule has 0 bridgehead atoms. The van der Waals surface area contributed by atoms with Crippen molar-refractivity contribution in [3.05, 3.63) is 29.8 Å². The normalized spacial score (nSPS) is 16.0. The number of hydrogen-bond donors (Lipinski definition) is 2. The van der Waals surface area contributed by atoms with Gasteiger partial charge in [0.15, 0.2) is 0 Å². The molecule has 1 fully saturated rings. The molecule has 0 aromatic heterocycles. The number of benzene rings is 1. The van der Waals surface area contributed by atoms with Crippen molar-refractivity contribution in [2.75, 3.05) is 37.6 Å². The summed E-state index contributed by atoms with van der Waals surface area (Å²) in [6.07, 6.45) is 0.393. The highest BCUT2D eigenvalue weighted by Gasteiger charge is 2.23. The Hall–Kier alpha value is -1.59. The van der Waals surface area contributed by atoms with Gasteiger partial charge in [0, 0.05) is 25.1 Å². The Kier molecular flexibility index (Phi) is 5.59. The van der Waals surface area contributed by atoms with E-state index in [1.54, 1.807) is 24.3 Å². The smallest absolute Gasteiger partial charge is 0.301 e. The summed E-state index contributed by atoms with van der Waals surface area (Å²) in [5.74, 6) is 5.67. The Morgan fingerprint density at radius 1 is 1.33 bits per heavy atom. The Morgan fingerprint density at radius 3 is 2.81 bits per heavy atom. The van der Waals surface area contributed by atoms with Gasteiger partial charge in [-0.3, -0.25) is 4.72 Å². The molecule has 6 nitrogen and oxygen atoms in total. The summed E-state index contributed by atoms with van der Waals surface area (Å²) in [5, 5.41) is 8.69. The fourth-order valence-electron chi connectivity index (χ4n) is 1.88. The topological polar surface area (TPSA) is 78.9 Å². The first-order valence-corrected chi connectivity index (χ1v) is 8.11. The van der Waals surface area contributed by atoms with E-state index in [2.05, 4.69) is 16.6 Å². The van der Waals surface area contributed by atoms with Gasteiger partial charge in [0.2, 0.25) is 0 Å². The third-order valence-corrected chi connectivity index (χ3v) is 4.43. The van der Waals surface area contributed by atoms with Crippen LogP contribution in [-0.2, 0) is 14.9 Å². The molecule has 2 N–H and O–H groups in total. The maximum atomic E-state index is 12.2. The second-order valence-corrected chi connectivity index (χ2v) is 6.15. The van der Waals surface area contributed by atoms with E-state index in [1.165, 1.54) is 4.31 Å². The molecule has 114 valence electrons. The zero-order valence-corrected chi connectivity index (χ0v) is 12.4. The van der Waals surface area contributed by atoms with Crippen LogP contribution in [0.15, 0.2) is 24.3 Å². The summed E-state index contributed by atoms with van der Waals surface area (Å²) in [6.45, 7) is 1.54. The zero-order valence-electron chi connectivity index (χ0n) is 11.6. The number of aliphatic hydroxyl groups is 1. The molecule has 0 unspecified atom stereocenters. The van der Waals surface area contributed by atoms with Gasteiger partial charge in [-0.05, 0) is 18.2 Å². The number of morpholine rings is 1. The molecule has 7 heteroatoms. The Balaban J connectivity index is 2.08. The van der Waals surface area contributed by atoms with E-state index in [0.29, 0.717) is 44.0 Å². The fourth-order valence-corrected chi connectivity index (χ4v) is 3.07. The van der Waals surface area contributed by atoms with Crippen molar-refractivity contribution >= 4 is 15.9 Å². The van der Waals surface area contributed by atoms with Crippen LogP contribution in [0.5, 0.6) is 0 Å². The van der Waals surface area contributed by atoms with E-state index in [1.807, 2.05) is 0 Å². The third-order valence-electron chi connectivity index (χ3n) is 2.89. The van der Waals surface area contributed by atoms with Crippen LogP contribution in [0.3, 0.4) is 0 Å². The molecule has 0 radical (unpaired) electrons. The first-order valence-electron chi connectivity index (χ1n) is 6.67. The Morgan fingerprint density at radius 2 is 2.10 bits per heavy atom. The van der Waals surface area contributed by atoms with Gasteiger partial charge in [0.05, 0.1) is 25.5 Å². The van der Waals surface area contributed by atoms with Gasteiger partial charge in [0.25, 0.3) is 0 Å². The zero-order chi connectivity index (χ0) is 15.1. The van der Waals surface area contributed by atoms with Crippen LogP contribution >= 0.6 is 0 Å². The molecule has 0 amide bonds. The molecule has 1 aliphatic heterocycles. The molecule has 1 heterocycles. The van der Waals surface area contributed by atoms with Crippen molar-refractivity contribution in [1.82, 2.24) is 4.31 Å². The summed E-state index contributed by atoms with van der Waals surface area (Å²) in [6, 6.07) is 6.87. The summed E-state index contributed by atoms with van der Waals surface area (Å²) in [4.78, 5) is 0. The van der Waals surface area contributed by atoms with Crippen LogP contribution in [0.1, 0.15) is 12.0 Å². The summed E-state index contributed by atoms with van der Waals surface area (Å²) in [7, 11) is -3.56. The molecule has 0 saturated carbocycles. The van der Waals surface area contributed by atoms with Crippen LogP contribution < -0.4 is 4.72 Å². The van der Waals surface area contributed by atoms with E-state index in [-0.39, 0.29) is 6.61 Å². The molecule has 1 aromatic rings. The van der Waals surface area contributed by atoms with Gasteiger partial charge >= 0.3 is 10.2 Å². The van der Waals surface area contributed by atoms with Crippen molar-refractivity contribution in [1.29, 1.82) is 0 Å². The van der Waals surface area contributed by atoms with Crippen LogP contribution in [0, 0.1) is 11.8 Å². The molecular formula is C14H18N2O4S. The molecule has 21 heavy (non-hydrogen) atoms. The number of ether oxygens (including phenoxy) is 1. The van der Waals surface area contributed by atoms with Gasteiger partial charge in [-0.1, -0.05) is 17.9 Å². The predicted molar refractivity (Wildman–Crippen MR) is 80.0 cm³/mol. The molecular weight excluding hydrogens is 292 g/mol. The van der Waals surface area contributed by atoms with E-state index < -0.39 is 10.2 Å². The molecule has 1 aromatic carbocycles. The van der Waals surface area contributed by atoms with Crippen molar-refractivity contribution in [2.24, 2.45) is 0 Å². The second-order valence-electron chi connectivity index (χ2n) is 4.47. The third kappa shape index (κ3) is 4.72. The van der Waals surface area contributed by atoms with Gasteiger partial charge in [-0.15, -0.1) is 0 Å². The SMILES string of the molecule is O=S(=O)(Nc1cccc(C#CCCO)c1)N1CCOCC1. The minimum absolute atomic E-state index is 0.0103. The van der Waals surface area contributed by atoms with Crippen molar-refractivity contribution in [3.63, 3.8) is 0 Å². The Bertz CT molecular complexity index is 628. The highest BCUT2D eigenvalue weighted by atomic mass is 32.2. The van der Waals surface area contributed by atoms with E-state index in [9.17, 15) is 8.42 Å². The van der Waals surface area contributed by atoms with Gasteiger partial charge < -0.3 is 9.84 Å². The summed E-state index contributed by atoms with van der Waals surface area (Å²) in [5.41, 5.74) is 1.17. The number of anilines is 1. The highest BCUT2D eigenvalue weighted by Crippen LogP contribution is 2.14. The molecule has 0 spiro atoms. The van der Waals surface area contributed by atoms with E-state index >= 15 is 0 Å². The number of hydrogen-bond acceptors (Lipinski definition) is 4. The lowest BCUT2D eigenvalue weighted by Crippen LogP contribution is -2.43. The molecule has 1 saturated heterocycles. The number of nitrogens with one attached hydrogen (secondary N) is 1. The number of nitrogens with zero attached hydrogens (tertiary/aromatic N) is 1. The second kappa shape index (κ2) is 7.43. The number of aliphatic hydroxyl groups excluding tert-OH is 1. The molecule has 0 aliphatic carbocycles. The van der Waals surface area contributed by atoms with Gasteiger partial charge in [-0.25, -0.2) is 0 Å². The maximum absolute atomic E-state index is 12.2. The first kappa shape index (κ1) is 15.8. The monoisotopic (exact) mass is 310 g/mol. The average Bonchev–Trinajstić information content (AvgIpc) is 2.48. The maximum Gasteiger partial charge on any atom is 0.301 e. The predicted octanol–water partition coefficient (Wildman–Crippen LogP) is 0.409. The molecule has 1 aliphatic rings. The first-order chi connectivity index (χ1) is 10.1. The lowest BCUT2D eigenvalue weighted by Gasteiger charge is -2.26. The molecule has 0 atom stereocenters. The number of rotatable bonds is 4. The van der Waals surface area contributed by atoms with Crippen LogP contribution in [0.25, 0.3) is 0 Å². The van der Waals surface area contributed by atoms with E-state index in [4.69, 9.17) is 9.84 Å². The van der Waals surface area contributed by atoms with Crippen LogP contribution in [-0.4, -0.2) is 50.7 Å². The van der Waals surface area contributed by atoms with Crippen molar-refractivity contribution < 1.29 is 18.3 Å². The summed E-state index contributed by atoms with van der Waals surface area (Å²) < 4.78 is 33.5. The van der Waals surface area contributed by atoms with Crippen LogP contribution in [0.2, 0.25) is 0 Å². The minimum atomic E-state index is -3.56. The lowest BCUT2D eigenvalue weighted by molar-refractivity contribution is 0.0733. The van der Waals surface area contributed by atoms with Gasteiger partial charge in [0.1, 0.15) is 0 Å². The lowest BCUT2D eigenvalue weighted by atomic mass is 10.2. The van der Waals surface area contributed by atoms with Crippen LogP contribution in [0.4, 0.5) is 5.69 Å². The standard InChI is InChI=1S/C14H18N2O4S/c17-9-2-1-4-13-5-3-6-14(12-13)15-21(18,19)16-7-10-20-11-8-16/h3,5-6,12,15,17H,2,7-11H2. The van der Waals surface area contributed by atoms with Crippen molar-refractivity contribution in [2.45, 2.75) is 6.42 Å². The van der Waals surface area contributed by atoms with E-state index in [0.717, 1.165) is 0 Å². The minimum Gasteiger partial charge on any atom is -0.395 e. The van der Waals surface area contributed by atoms with Crippen molar-refractivity contribution in [3.8, 4) is 11.8 Å². The quantitative estimate of drug-likeness (QED) is 0.790. The fraction of sp³-hybridized carbons (Fsp3) is 0.429. The highest BCUT2D eigenvalue weighted by molar-refractivity contribution is 7.90. The summed E-state index contributed by atoms with van der Waals surface area (Å²) >= 11 is 0. The average molecular weight is 310 g/mol. The Labute approximate surface area is 124 Å². The molecule has 2 rings (SSSR count).